The Labute approximate surface area is 170 Å². The number of nitrogens with zero attached hydrogens (tertiary/aromatic N) is 3. The molecule has 29 heavy (non-hydrogen) atoms. The van der Waals surface area contributed by atoms with E-state index in [9.17, 15) is 9.59 Å². The second kappa shape index (κ2) is 8.65. The van der Waals surface area contributed by atoms with Crippen molar-refractivity contribution in [3.63, 3.8) is 0 Å². The van der Waals surface area contributed by atoms with Crippen LogP contribution in [0.1, 0.15) is 52.6 Å². The molecule has 0 bridgehead atoms. The van der Waals surface area contributed by atoms with Crippen LogP contribution in [0.2, 0.25) is 0 Å². The lowest BCUT2D eigenvalue weighted by Gasteiger charge is -2.22. The number of carbonyl (C=O) groups excluding carboxylic acids is 2. The van der Waals surface area contributed by atoms with Crippen LogP contribution >= 0.6 is 0 Å². The summed E-state index contributed by atoms with van der Waals surface area (Å²) >= 11 is 0. The van der Waals surface area contributed by atoms with Crippen LogP contribution in [-0.2, 0) is 0 Å². The summed E-state index contributed by atoms with van der Waals surface area (Å²) in [5.74, 6) is 0.165. The number of nitrogens with one attached hydrogen (secondary N) is 2. The summed E-state index contributed by atoms with van der Waals surface area (Å²) in [7, 11) is 1.54. The number of hydrogen-bond acceptors (Lipinski definition) is 5. The van der Waals surface area contributed by atoms with Gasteiger partial charge in [0.05, 0.1) is 18.8 Å². The van der Waals surface area contributed by atoms with Gasteiger partial charge in [-0.1, -0.05) is 0 Å². The van der Waals surface area contributed by atoms with Crippen molar-refractivity contribution in [2.75, 3.05) is 38.6 Å². The fourth-order valence-corrected chi connectivity index (χ4v) is 3.95. The lowest BCUT2D eigenvalue weighted by Crippen LogP contribution is -2.32. The summed E-state index contributed by atoms with van der Waals surface area (Å²) in [6.07, 6.45) is 6.05. The molecule has 4 rings (SSSR count). The summed E-state index contributed by atoms with van der Waals surface area (Å²) in [6.45, 7) is 3.44. The van der Waals surface area contributed by atoms with Gasteiger partial charge in [0.2, 0.25) is 0 Å². The molecule has 2 aliphatic rings. The van der Waals surface area contributed by atoms with E-state index in [-0.39, 0.29) is 17.9 Å². The quantitative estimate of drug-likeness (QED) is 0.808. The molecular weight excluding hydrogens is 370 g/mol. The third-order valence-electron chi connectivity index (χ3n) is 5.57. The number of ether oxygens (including phenoxy) is 1. The van der Waals surface area contributed by atoms with Crippen molar-refractivity contribution in [2.45, 2.75) is 31.7 Å². The van der Waals surface area contributed by atoms with Crippen molar-refractivity contribution in [3.05, 3.63) is 41.7 Å². The van der Waals surface area contributed by atoms with Gasteiger partial charge in [-0.15, -0.1) is 0 Å². The van der Waals surface area contributed by atoms with E-state index in [0.29, 0.717) is 22.7 Å². The third kappa shape index (κ3) is 4.27. The number of carbonyl (C=O) groups is 2. The maximum atomic E-state index is 12.8. The number of benzene rings is 1. The van der Waals surface area contributed by atoms with E-state index in [1.165, 1.54) is 7.11 Å². The highest BCUT2D eigenvalue weighted by Gasteiger charge is 2.22. The summed E-state index contributed by atoms with van der Waals surface area (Å²) < 4.78 is 7.22. The van der Waals surface area contributed by atoms with E-state index in [1.807, 2.05) is 15.8 Å². The second-order valence-corrected chi connectivity index (χ2v) is 7.55. The number of anilines is 1. The molecule has 3 heterocycles. The molecule has 2 fully saturated rings. The van der Waals surface area contributed by atoms with E-state index in [4.69, 9.17) is 4.74 Å². The zero-order valence-corrected chi connectivity index (χ0v) is 16.7. The second-order valence-electron chi connectivity index (χ2n) is 7.55. The molecule has 2 amide bonds. The standard InChI is InChI=1S/C21H27N5O3/c1-29-19-7-6-15(21(28)25-10-2-3-11-25)13-18(19)23-20(27)17-8-12-26(24-17)16-5-4-9-22-14-16/h6-8,12-13,16,22H,2-5,9-11,14H2,1H3,(H,23,27). The zero-order chi connectivity index (χ0) is 20.2. The highest BCUT2D eigenvalue weighted by atomic mass is 16.5. The van der Waals surface area contributed by atoms with Gasteiger partial charge in [0, 0.05) is 31.4 Å². The number of hydrogen-bond donors (Lipinski definition) is 2. The van der Waals surface area contributed by atoms with Gasteiger partial charge in [-0.3, -0.25) is 14.3 Å². The Bertz CT molecular complexity index is 882. The average molecular weight is 397 g/mol. The van der Waals surface area contributed by atoms with Crippen LogP contribution in [0.25, 0.3) is 0 Å². The Morgan fingerprint density at radius 1 is 1.21 bits per heavy atom. The minimum absolute atomic E-state index is 0.0188. The first-order chi connectivity index (χ1) is 14.2. The lowest BCUT2D eigenvalue weighted by molar-refractivity contribution is 0.0792. The molecular formula is C21H27N5O3. The minimum atomic E-state index is -0.323. The van der Waals surface area contributed by atoms with E-state index in [0.717, 1.165) is 51.9 Å². The summed E-state index contributed by atoms with van der Waals surface area (Å²) in [5.41, 5.74) is 1.35. The first kappa shape index (κ1) is 19.4. The van der Waals surface area contributed by atoms with Gasteiger partial charge in [-0.2, -0.15) is 5.10 Å². The molecule has 8 nitrogen and oxygen atoms in total. The predicted molar refractivity (Wildman–Crippen MR) is 109 cm³/mol. The molecule has 0 radical (unpaired) electrons. The van der Waals surface area contributed by atoms with E-state index < -0.39 is 0 Å². The Balaban J connectivity index is 1.50. The van der Waals surface area contributed by atoms with Gasteiger partial charge in [-0.25, -0.2) is 0 Å². The number of rotatable bonds is 5. The van der Waals surface area contributed by atoms with Crippen molar-refractivity contribution < 1.29 is 14.3 Å². The number of methoxy groups -OCH3 is 1. The van der Waals surface area contributed by atoms with Crippen LogP contribution in [0, 0.1) is 0 Å². The molecule has 1 atom stereocenters. The summed E-state index contributed by atoms with van der Waals surface area (Å²) in [6, 6.07) is 7.11. The number of likely N-dealkylation sites (tertiary alicyclic amines) is 1. The summed E-state index contributed by atoms with van der Waals surface area (Å²) in [4.78, 5) is 27.3. The highest BCUT2D eigenvalue weighted by molar-refractivity contribution is 6.05. The number of piperidine rings is 1. The number of aromatic nitrogens is 2. The van der Waals surface area contributed by atoms with Crippen LogP contribution < -0.4 is 15.4 Å². The molecule has 0 saturated carbocycles. The SMILES string of the molecule is COc1ccc(C(=O)N2CCCC2)cc1NC(=O)c1ccn(C2CCCNC2)n1. The average Bonchev–Trinajstić information content (AvgIpc) is 3.46. The zero-order valence-electron chi connectivity index (χ0n) is 16.7. The van der Waals surface area contributed by atoms with Crippen molar-refractivity contribution in [1.82, 2.24) is 20.0 Å². The molecule has 0 aliphatic carbocycles. The molecule has 1 aromatic carbocycles. The minimum Gasteiger partial charge on any atom is -0.495 e. The van der Waals surface area contributed by atoms with Crippen molar-refractivity contribution >= 4 is 17.5 Å². The van der Waals surface area contributed by atoms with Gasteiger partial charge in [0.15, 0.2) is 5.69 Å². The van der Waals surface area contributed by atoms with Gasteiger partial charge in [0.1, 0.15) is 5.75 Å². The van der Waals surface area contributed by atoms with Crippen LogP contribution in [0.5, 0.6) is 5.75 Å². The Hall–Kier alpha value is -2.87. The molecule has 2 aromatic rings. The van der Waals surface area contributed by atoms with Gasteiger partial charge in [-0.05, 0) is 56.5 Å². The Kier molecular flexibility index (Phi) is 5.80. The first-order valence-corrected chi connectivity index (χ1v) is 10.2. The van der Waals surface area contributed by atoms with Crippen molar-refractivity contribution in [3.8, 4) is 5.75 Å². The lowest BCUT2D eigenvalue weighted by atomic mass is 10.1. The predicted octanol–water partition coefficient (Wildman–Crippen LogP) is 2.30. The van der Waals surface area contributed by atoms with Gasteiger partial charge in [0.25, 0.3) is 11.8 Å². The fraction of sp³-hybridized carbons (Fsp3) is 0.476. The first-order valence-electron chi connectivity index (χ1n) is 10.2. The van der Waals surface area contributed by atoms with E-state index in [2.05, 4.69) is 15.7 Å². The molecule has 2 saturated heterocycles. The maximum absolute atomic E-state index is 12.8. The largest absolute Gasteiger partial charge is 0.495 e. The van der Waals surface area contributed by atoms with Crippen LogP contribution in [0.3, 0.4) is 0 Å². The molecule has 8 heteroatoms. The molecule has 2 N–H and O–H groups in total. The van der Waals surface area contributed by atoms with Crippen LogP contribution in [0.4, 0.5) is 5.69 Å². The van der Waals surface area contributed by atoms with Crippen LogP contribution in [-0.4, -0.2) is 59.8 Å². The fourth-order valence-electron chi connectivity index (χ4n) is 3.95. The van der Waals surface area contributed by atoms with Crippen molar-refractivity contribution in [2.24, 2.45) is 0 Å². The third-order valence-corrected chi connectivity index (χ3v) is 5.57. The Morgan fingerprint density at radius 2 is 2.03 bits per heavy atom. The maximum Gasteiger partial charge on any atom is 0.276 e. The highest BCUT2D eigenvalue weighted by Crippen LogP contribution is 2.27. The Morgan fingerprint density at radius 3 is 2.76 bits per heavy atom. The molecule has 154 valence electrons. The van der Waals surface area contributed by atoms with Gasteiger partial charge < -0.3 is 20.3 Å². The molecule has 1 unspecified atom stereocenters. The van der Waals surface area contributed by atoms with E-state index in [1.54, 1.807) is 24.3 Å². The monoisotopic (exact) mass is 397 g/mol. The topological polar surface area (TPSA) is 88.5 Å². The normalized spacial score (nSPS) is 19.2. The van der Waals surface area contributed by atoms with Crippen LogP contribution in [0.15, 0.2) is 30.5 Å². The van der Waals surface area contributed by atoms with Gasteiger partial charge >= 0.3 is 0 Å². The van der Waals surface area contributed by atoms with E-state index >= 15 is 0 Å². The smallest absolute Gasteiger partial charge is 0.276 e. The summed E-state index contributed by atoms with van der Waals surface area (Å²) in [5, 5.41) is 10.7. The molecule has 0 spiro atoms. The number of amides is 2. The molecule has 1 aromatic heterocycles. The van der Waals surface area contributed by atoms with Crippen molar-refractivity contribution in [1.29, 1.82) is 0 Å². The molecule has 2 aliphatic heterocycles.